The SMILES string of the molecule is Cc1ccc(OC(=O)/C(F)=C(/F)c2ccc(C)cc2)cc1. The smallest absolute Gasteiger partial charge is 0.375 e. The van der Waals surface area contributed by atoms with E-state index in [9.17, 15) is 13.6 Å². The molecular formula is C17H14F2O2. The lowest BCUT2D eigenvalue weighted by Gasteiger charge is -2.04. The number of carbonyl (C=O) groups excluding carboxylic acids is 1. The van der Waals surface area contributed by atoms with Gasteiger partial charge in [-0.3, -0.25) is 0 Å². The van der Waals surface area contributed by atoms with Gasteiger partial charge in [0.05, 0.1) is 0 Å². The zero-order valence-electron chi connectivity index (χ0n) is 11.7. The maximum Gasteiger partial charge on any atom is 0.375 e. The predicted molar refractivity (Wildman–Crippen MR) is 77.1 cm³/mol. The van der Waals surface area contributed by atoms with Crippen molar-refractivity contribution < 1.29 is 18.3 Å². The third kappa shape index (κ3) is 3.75. The second-order valence-corrected chi connectivity index (χ2v) is 4.70. The van der Waals surface area contributed by atoms with E-state index < -0.39 is 17.6 Å². The lowest BCUT2D eigenvalue weighted by molar-refractivity contribution is -0.131. The highest BCUT2D eigenvalue weighted by Crippen LogP contribution is 2.23. The minimum atomic E-state index is -1.54. The van der Waals surface area contributed by atoms with Crippen LogP contribution in [-0.4, -0.2) is 5.97 Å². The number of esters is 1. The van der Waals surface area contributed by atoms with E-state index in [0.717, 1.165) is 11.1 Å². The van der Waals surface area contributed by atoms with Gasteiger partial charge in [0.15, 0.2) is 5.83 Å². The number of benzene rings is 2. The Labute approximate surface area is 121 Å². The summed E-state index contributed by atoms with van der Waals surface area (Å²) in [5, 5.41) is 0. The molecule has 2 aromatic rings. The molecule has 0 unspecified atom stereocenters. The number of carbonyl (C=O) groups is 1. The molecule has 0 N–H and O–H groups in total. The average Bonchev–Trinajstić information content (AvgIpc) is 2.49. The summed E-state index contributed by atoms with van der Waals surface area (Å²) < 4.78 is 32.4. The van der Waals surface area contributed by atoms with Crippen LogP contribution in [0.1, 0.15) is 16.7 Å². The van der Waals surface area contributed by atoms with E-state index in [-0.39, 0.29) is 11.3 Å². The number of halogens is 2. The second kappa shape index (κ2) is 6.31. The molecule has 0 spiro atoms. The van der Waals surface area contributed by atoms with E-state index >= 15 is 0 Å². The topological polar surface area (TPSA) is 26.3 Å². The number of hydrogen-bond acceptors (Lipinski definition) is 2. The molecular weight excluding hydrogens is 274 g/mol. The summed E-state index contributed by atoms with van der Waals surface area (Å²) in [5.41, 5.74) is 1.88. The van der Waals surface area contributed by atoms with Crippen LogP contribution in [0.2, 0.25) is 0 Å². The van der Waals surface area contributed by atoms with Crippen LogP contribution < -0.4 is 4.74 Å². The van der Waals surface area contributed by atoms with Gasteiger partial charge in [-0.25, -0.2) is 9.18 Å². The molecule has 0 fully saturated rings. The number of rotatable bonds is 3. The maximum absolute atomic E-state index is 13.9. The predicted octanol–water partition coefficient (Wildman–Crippen LogP) is 4.52. The molecule has 0 saturated carbocycles. The minimum Gasteiger partial charge on any atom is -0.421 e. The fourth-order valence-corrected chi connectivity index (χ4v) is 1.67. The van der Waals surface area contributed by atoms with Gasteiger partial charge in [-0.15, -0.1) is 0 Å². The molecule has 0 amide bonds. The van der Waals surface area contributed by atoms with Crippen LogP contribution in [0.3, 0.4) is 0 Å². The van der Waals surface area contributed by atoms with Gasteiger partial charge in [-0.2, -0.15) is 4.39 Å². The molecule has 0 aliphatic heterocycles. The van der Waals surface area contributed by atoms with Crippen LogP contribution in [0.25, 0.3) is 5.83 Å². The van der Waals surface area contributed by atoms with E-state index in [1.54, 1.807) is 24.3 Å². The van der Waals surface area contributed by atoms with Crippen LogP contribution in [0.5, 0.6) is 5.75 Å². The fourth-order valence-electron chi connectivity index (χ4n) is 1.67. The second-order valence-electron chi connectivity index (χ2n) is 4.70. The van der Waals surface area contributed by atoms with Crippen LogP contribution >= 0.6 is 0 Å². The van der Waals surface area contributed by atoms with Crippen molar-refractivity contribution in [1.82, 2.24) is 0 Å². The highest BCUT2D eigenvalue weighted by molar-refractivity contribution is 5.94. The van der Waals surface area contributed by atoms with E-state index in [2.05, 4.69) is 0 Å². The molecule has 0 aliphatic rings. The highest BCUT2D eigenvalue weighted by Gasteiger charge is 2.19. The number of aryl methyl sites for hydroxylation is 2. The first-order valence-corrected chi connectivity index (χ1v) is 6.38. The Morgan fingerprint density at radius 3 is 1.86 bits per heavy atom. The summed E-state index contributed by atoms with van der Waals surface area (Å²) in [7, 11) is 0. The summed E-state index contributed by atoms with van der Waals surface area (Å²) in [6, 6.07) is 12.5. The van der Waals surface area contributed by atoms with Gasteiger partial charge in [0.25, 0.3) is 0 Å². The van der Waals surface area contributed by atoms with Crippen molar-refractivity contribution in [3.63, 3.8) is 0 Å². The van der Waals surface area contributed by atoms with Crippen LogP contribution in [0, 0.1) is 13.8 Å². The third-order valence-electron chi connectivity index (χ3n) is 2.91. The monoisotopic (exact) mass is 288 g/mol. The van der Waals surface area contributed by atoms with Crippen molar-refractivity contribution in [2.75, 3.05) is 0 Å². The molecule has 2 rings (SSSR count). The molecule has 2 aromatic carbocycles. The third-order valence-corrected chi connectivity index (χ3v) is 2.91. The largest absolute Gasteiger partial charge is 0.421 e. The van der Waals surface area contributed by atoms with Crippen LogP contribution in [0.15, 0.2) is 54.4 Å². The number of ether oxygens (including phenoxy) is 1. The Morgan fingerprint density at radius 2 is 1.33 bits per heavy atom. The molecule has 0 heterocycles. The summed E-state index contributed by atoms with van der Waals surface area (Å²) in [4.78, 5) is 11.6. The lowest BCUT2D eigenvalue weighted by Crippen LogP contribution is -2.09. The van der Waals surface area contributed by atoms with Crippen molar-refractivity contribution in [3.05, 3.63) is 71.0 Å². The van der Waals surface area contributed by atoms with Crippen molar-refractivity contribution in [2.45, 2.75) is 13.8 Å². The summed E-state index contributed by atoms with van der Waals surface area (Å²) >= 11 is 0. The van der Waals surface area contributed by atoms with Gasteiger partial charge in [0.1, 0.15) is 5.75 Å². The van der Waals surface area contributed by atoms with Gasteiger partial charge in [0.2, 0.25) is 5.83 Å². The van der Waals surface area contributed by atoms with E-state index in [4.69, 9.17) is 4.74 Å². The first kappa shape index (κ1) is 14.9. The Kier molecular flexibility index (Phi) is 4.48. The average molecular weight is 288 g/mol. The van der Waals surface area contributed by atoms with Gasteiger partial charge in [0, 0.05) is 5.56 Å². The van der Waals surface area contributed by atoms with Crippen molar-refractivity contribution >= 4 is 11.8 Å². The molecule has 0 aromatic heterocycles. The zero-order valence-corrected chi connectivity index (χ0v) is 11.7. The first-order valence-electron chi connectivity index (χ1n) is 6.38. The standard InChI is InChI=1S/C17H14F2O2/c1-11-3-7-13(8-4-11)15(18)16(19)17(20)21-14-9-5-12(2)6-10-14/h3-10H,1-2H3/b16-15-. The molecule has 108 valence electrons. The Hall–Kier alpha value is -2.49. The molecule has 0 aliphatic carbocycles. The normalized spacial score (nSPS) is 11.8. The first-order chi connectivity index (χ1) is 9.97. The van der Waals surface area contributed by atoms with Gasteiger partial charge >= 0.3 is 5.97 Å². The molecule has 0 saturated heterocycles. The van der Waals surface area contributed by atoms with Crippen LogP contribution in [0.4, 0.5) is 8.78 Å². The number of hydrogen-bond donors (Lipinski definition) is 0. The fraction of sp³-hybridized carbons (Fsp3) is 0.118. The Morgan fingerprint density at radius 1 is 0.857 bits per heavy atom. The van der Waals surface area contributed by atoms with E-state index in [1.807, 2.05) is 13.8 Å². The van der Waals surface area contributed by atoms with E-state index in [1.165, 1.54) is 24.3 Å². The van der Waals surface area contributed by atoms with Crippen molar-refractivity contribution in [1.29, 1.82) is 0 Å². The van der Waals surface area contributed by atoms with Crippen LogP contribution in [-0.2, 0) is 4.79 Å². The molecule has 21 heavy (non-hydrogen) atoms. The molecule has 4 heteroatoms. The quantitative estimate of drug-likeness (QED) is 0.471. The Bertz CT molecular complexity index is 671. The zero-order chi connectivity index (χ0) is 15.4. The van der Waals surface area contributed by atoms with Crippen molar-refractivity contribution in [3.8, 4) is 5.75 Å². The maximum atomic E-state index is 13.9. The molecule has 0 atom stereocenters. The van der Waals surface area contributed by atoms with Crippen molar-refractivity contribution in [2.24, 2.45) is 0 Å². The summed E-state index contributed by atoms with van der Waals surface area (Å²) in [6.07, 6.45) is 0. The Balaban J connectivity index is 2.19. The van der Waals surface area contributed by atoms with E-state index in [0.29, 0.717) is 0 Å². The van der Waals surface area contributed by atoms with Gasteiger partial charge in [-0.05, 0) is 26.0 Å². The minimum absolute atomic E-state index is 0.000967. The lowest BCUT2D eigenvalue weighted by atomic mass is 10.1. The molecule has 0 bridgehead atoms. The summed E-state index contributed by atoms with van der Waals surface area (Å²) in [6.45, 7) is 3.69. The highest BCUT2D eigenvalue weighted by atomic mass is 19.2. The summed E-state index contributed by atoms with van der Waals surface area (Å²) in [5.74, 6) is -3.96. The van der Waals surface area contributed by atoms with Gasteiger partial charge < -0.3 is 4.74 Å². The molecule has 0 radical (unpaired) electrons. The molecule has 2 nitrogen and oxygen atoms in total. The van der Waals surface area contributed by atoms with Gasteiger partial charge in [-0.1, -0.05) is 47.5 Å².